The van der Waals surface area contributed by atoms with Crippen LogP contribution in [0.1, 0.15) is 39.2 Å². The molecule has 0 bridgehead atoms. The van der Waals surface area contributed by atoms with Crippen LogP contribution in [0.15, 0.2) is 22.7 Å². The Morgan fingerprint density at radius 3 is 2.27 bits per heavy atom. The van der Waals surface area contributed by atoms with Gasteiger partial charge in [0.25, 0.3) is 0 Å². The van der Waals surface area contributed by atoms with E-state index < -0.39 is 28.9 Å². The zero-order valence-electron chi connectivity index (χ0n) is 12.4. The van der Waals surface area contributed by atoms with Gasteiger partial charge in [-0.15, -0.1) is 0 Å². The Hall–Kier alpha value is -1.24. The van der Waals surface area contributed by atoms with E-state index in [-0.39, 0.29) is 10.2 Å². The summed E-state index contributed by atoms with van der Waals surface area (Å²) < 4.78 is 50.1. The summed E-state index contributed by atoms with van der Waals surface area (Å²) in [6, 6.07) is 3.63. The highest BCUT2D eigenvalue weighted by Crippen LogP contribution is 2.48. The van der Waals surface area contributed by atoms with E-state index in [0.717, 1.165) is 6.07 Å². The summed E-state index contributed by atoms with van der Waals surface area (Å²) in [7, 11) is 0. The third kappa shape index (κ3) is 3.74. The molecule has 7 heteroatoms. The van der Waals surface area contributed by atoms with Crippen LogP contribution in [0.4, 0.5) is 13.2 Å². The van der Waals surface area contributed by atoms with Gasteiger partial charge in [-0.05, 0) is 48.8 Å². The van der Waals surface area contributed by atoms with Gasteiger partial charge in [0.15, 0.2) is 0 Å². The fraction of sp³-hybridized carbons (Fsp3) is 0.533. The Labute approximate surface area is 134 Å². The molecular weight excluding hydrogens is 365 g/mol. The van der Waals surface area contributed by atoms with Crippen molar-refractivity contribution >= 4 is 21.9 Å². The van der Waals surface area contributed by atoms with Crippen LogP contribution in [0.25, 0.3) is 0 Å². The van der Waals surface area contributed by atoms with Gasteiger partial charge >= 0.3 is 12.1 Å². The molecule has 1 aliphatic rings. The molecule has 0 atom stereocenters. The van der Waals surface area contributed by atoms with Crippen molar-refractivity contribution in [3.8, 4) is 5.75 Å². The van der Waals surface area contributed by atoms with Crippen molar-refractivity contribution in [1.29, 1.82) is 0 Å². The lowest BCUT2D eigenvalue weighted by Gasteiger charge is -2.25. The lowest BCUT2D eigenvalue weighted by Crippen LogP contribution is -2.37. The summed E-state index contributed by atoms with van der Waals surface area (Å²) in [6.07, 6.45) is -3.90. The number of ether oxygens (including phenoxy) is 2. The third-order valence-corrected chi connectivity index (χ3v) is 3.67. The summed E-state index contributed by atoms with van der Waals surface area (Å²) in [6.45, 7) is 5.08. The first-order valence-electron chi connectivity index (χ1n) is 6.73. The Bertz CT molecular complexity index is 587. The minimum atomic E-state index is -4.57. The van der Waals surface area contributed by atoms with Crippen molar-refractivity contribution in [2.45, 2.75) is 51.0 Å². The summed E-state index contributed by atoms with van der Waals surface area (Å²) >= 11 is 3.05. The van der Waals surface area contributed by atoms with Crippen LogP contribution in [0.3, 0.4) is 0 Å². The molecule has 0 heterocycles. The van der Waals surface area contributed by atoms with Gasteiger partial charge in [-0.2, -0.15) is 13.2 Å². The van der Waals surface area contributed by atoms with E-state index >= 15 is 0 Å². The first-order chi connectivity index (χ1) is 9.95. The van der Waals surface area contributed by atoms with Crippen LogP contribution in [0.2, 0.25) is 0 Å². The molecular formula is C15H16BrF3O3. The van der Waals surface area contributed by atoms with Crippen molar-refractivity contribution < 1.29 is 27.4 Å². The van der Waals surface area contributed by atoms with Gasteiger partial charge in [-0.3, -0.25) is 0 Å². The number of hydrogen-bond acceptors (Lipinski definition) is 3. The number of carbonyl (C=O) groups excluding carboxylic acids is 1. The van der Waals surface area contributed by atoms with E-state index in [4.69, 9.17) is 9.47 Å². The van der Waals surface area contributed by atoms with E-state index in [1.807, 2.05) is 0 Å². The van der Waals surface area contributed by atoms with Gasteiger partial charge in [-0.25, -0.2) is 4.79 Å². The molecule has 0 unspecified atom stereocenters. The van der Waals surface area contributed by atoms with Gasteiger partial charge < -0.3 is 9.47 Å². The second-order valence-corrected chi connectivity index (χ2v) is 7.07. The molecule has 1 saturated carbocycles. The van der Waals surface area contributed by atoms with Gasteiger partial charge in [0.05, 0.1) is 10.0 Å². The monoisotopic (exact) mass is 380 g/mol. The predicted molar refractivity (Wildman–Crippen MR) is 77.6 cm³/mol. The zero-order chi connectivity index (χ0) is 16.8. The summed E-state index contributed by atoms with van der Waals surface area (Å²) in [4.78, 5) is 12.2. The number of carbonyl (C=O) groups is 1. The maximum Gasteiger partial charge on any atom is 0.420 e. The Kier molecular flexibility index (Phi) is 4.23. The Balaban J connectivity index is 2.30. The van der Waals surface area contributed by atoms with Gasteiger partial charge in [-0.1, -0.05) is 6.07 Å². The van der Waals surface area contributed by atoms with Crippen molar-refractivity contribution in [2.24, 2.45) is 0 Å². The van der Waals surface area contributed by atoms with Gasteiger partial charge in [0.1, 0.15) is 11.4 Å². The molecule has 0 aliphatic heterocycles. The van der Waals surface area contributed by atoms with Crippen LogP contribution in [0.5, 0.6) is 5.75 Å². The van der Waals surface area contributed by atoms with E-state index in [0.29, 0.717) is 12.8 Å². The number of alkyl halides is 3. The molecule has 1 aromatic carbocycles. The first-order valence-corrected chi connectivity index (χ1v) is 7.52. The number of para-hydroxylation sites is 1. The fourth-order valence-electron chi connectivity index (χ4n) is 1.86. The van der Waals surface area contributed by atoms with E-state index in [1.54, 1.807) is 20.8 Å². The van der Waals surface area contributed by atoms with Crippen LogP contribution >= 0.6 is 15.9 Å². The second-order valence-electron chi connectivity index (χ2n) is 6.21. The van der Waals surface area contributed by atoms with E-state index in [2.05, 4.69) is 15.9 Å². The molecule has 3 nitrogen and oxygen atoms in total. The molecule has 1 aromatic rings. The van der Waals surface area contributed by atoms with Crippen molar-refractivity contribution in [3.63, 3.8) is 0 Å². The van der Waals surface area contributed by atoms with Crippen molar-refractivity contribution in [1.82, 2.24) is 0 Å². The number of hydrogen-bond donors (Lipinski definition) is 0. The average Bonchev–Trinajstić information content (AvgIpc) is 3.09. The van der Waals surface area contributed by atoms with Gasteiger partial charge in [0, 0.05) is 12.8 Å². The van der Waals surface area contributed by atoms with Gasteiger partial charge in [0.2, 0.25) is 5.60 Å². The highest BCUT2D eigenvalue weighted by atomic mass is 79.9. The standard InChI is InChI=1S/C15H16BrF3O3/c1-13(2,3)22-12(20)14(7-8-14)21-11-9(15(17,18)19)5-4-6-10(11)16/h4-6H,7-8H2,1-3H3. The first kappa shape index (κ1) is 17.1. The topological polar surface area (TPSA) is 35.5 Å². The minimum absolute atomic E-state index is 0.150. The number of halogens is 4. The second kappa shape index (κ2) is 5.44. The molecule has 1 fully saturated rings. The van der Waals surface area contributed by atoms with Crippen molar-refractivity contribution in [2.75, 3.05) is 0 Å². The Morgan fingerprint density at radius 1 is 1.23 bits per heavy atom. The quantitative estimate of drug-likeness (QED) is 0.711. The highest BCUT2D eigenvalue weighted by molar-refractivity contribution is 9.10. The molecule has 0 radical (unpaired) electrons. The molecule has 22 heavy (non-hydrogen) atoms. The van der Waals surface area contributed by atoms with E-state index in [9.17, 15) is 18.0 Å². The fourth-order valence-corrected chi connectivity index (χ4v) is 2.31. The Morgan fingerprint density at radius 2 is 1.82 bits per heavy atom. The summed E-state index contributed by atoms with van der Waals surface area (Å²) in [5, 5.41) is 0. The lowest BCUT2D eigenvalue weighted by atomic mass is 10.1. The maximum atomic E-state index is 13.1. The van der Waals surface area contributed by atoms with Crippen LogP contribution in [-0.2, 0) is 15.7 Å². The molecule has 0 aromatic heterocycles. The smallest absolute Gasteiger partial charge is 0.420 e. The molecule has 122 valence electrons. The normalized spacial score (nSPS) is 17.0. The molecule has 2 rings (SSSR count). The number of benzene rings is 1. The molecule has 0 amide bonds. The zero-order valence-corrected chi connectivity index (χ0v) is 14.0. The summed E-state index contributed by atoms with van der Waals surface area (Å²) in [5.74, 6) is -1.01. The SMILES string of the molecule is CC(C)(C)OC(=O)C1(Oc2c(Br)cccc2C(F)(F)F)CC1. The highest BCUT2D eigenvalue weighted by Gasteiger charge is 2.56. The van der Waals surface area contributed by atoms with E-state index in [1.165, 1.54) is 12.1 Å². The lowest BCUT2D eigenvalue weighted by molar-refractivity contribution is -0.167. The number of rotatable bonds is 3. The van der Waals surface area contributed by atoms with Crippen molar-refractivity contribution in [3.05, 3.63) is 28.2 Å². The number of esters is 1. The van der Waals surface area contributed by atoms with Crippen LogP contribution < -0.4 is 4.74 Å². The molecule has 0 N–H and O–H groups in total. The molecule has 1 aliphatic carbocycles. The largest absolute Gasteiger partial charge is 0.474 e. The third-order valence-electron chi connectivity index (χ3n) is 3.04. The minimum Gasteiger partial charge on any atom is -0.474 e. The molecule has 0 saturated heterocycles. The maximum absolute atomic E-state index is 13.1. The predicted octanol–water partition coefficient (Wildman–Crippen LogP) is 4.72. The van der Waals surface area contributed by atoms with Crippen LogP contribution in [0, 0.1) is 0 Å². The summed E-state index contributed by atoms with van der Waals surface area (Å²) in [5.41, 5.74) is -2.97. The molecule has 0 spiro atoms. The van der Waals surface area contributed by atoms with Crippen LogP contribution in [-0.4, -0.2) is 17.2 Å². The average molecular weight is 381 g/mol.